The van der Waals surface area contributed by atoms with Crippen molar-refractivity contribution in [3.05, 3.63) is 78.2 Å². The Morgan fingerprint density at radius 2 is 1.71 bits per heavy atom. The normalized spacial score (nSPS) is 24.7. The summed E-state index contributed by atoms with van der Waals surface area (Å²) in [7, 11) is 0. The van der Waals surface area contributed by atoms with Gasteiger partial charge in [-0.1, -0.05) is 36.8 Å². The lowest BCUT2D eigenvalue weighted by Crippen LogP contribution is -2.30. The van der Waals surface area contributed by atoms with E-state index in [0.717, 1.165) is 31.6 Å². The quantitative estimate of drug-likeness (QED) is 0.351. The van der Waals surface area contributed by atoms with Gasteiger partial charge in [0.15, 0.2) is 11.6 Å². The van der Waals surface area contributed by atoms with Gasteiger partial charge in [0, 0.05) is 17.2 Å². The first-order valence-electron chi connectivity index (χ1n) is 12.6. The van der Waals surface area contributed by atoms with Crippen molar-refractivity contribution in [2.75, 3.05) is 6.61 Å². The smallest absolute Gasteiger partial charge is 0.167 e. The van der Waals surface area contributed by atoms with Crippen LogP contribution >= 0.6 is 0 Å². The average Bonchev–Trinajstić information content (AvgIpc) is 2.85. The molecule has 4 unspecified atom stereocenters. The molecule has 0 heterocycles. The van der Waals surface area contributed by atoms with Crippen LogP contribution in [0, 0.1) is 35.2 Å². The second-order valence-corrected chi connectivity index (χ2v) is 9.93. The first kappa shape index (κ1) is 24.6. The van der Waals surface area contributed by atoms with Crippen molar-refractivity contribution in [2.24, 2.45) is 17.8 Å². The van der Waals surface area contributed by atoms with Gasteiger partial charge < -0.3 is 4.74 Å². The van der Waals surface area contributed by atoms with E-state index in [0.29, 0.717) is 29.8 Å². The molecule has 0 N–H and O–H groups in total. The van der Waals surface area contributed by atoms with Gasteiger partial charge in [-0.15, -0.1) is 6.58 Å². The Bertz CT molecular complexity index is 1030. The molecule has 2 aliphatic rings. The maximum Gasteiger partial charge on any atom is 0.167 e. The monoisotopic (exact) mass is 468 g/mol. The molecule has 182 valence electrons. The number of fused-ring (bicyclic) bond motifs is 1. The molecule has 0 spiro atoms. The minimum atomic E-state index is -0.964. The van der Waals surface area contributed by atoms with Crippen molar-refractivity contribution in [1.29, 1.82) is 0 Å². The third-order valence-corrected chi connectivity index (χ3v) is 7.87. The molecule has 0 aromatic heterocycles. The molecule has 2 aromatic carbocycles. The van der Waals surface area contributed by atoms with Crippen molar-refractivity contribution in [1.82, 2.24) is 0 Å². The zero-order chi connectivity index (χ0) is 24.1. The molecule has 4 heteroatoms. The van der Waals surface area contributed by atoms with Crippen molar-refractivity contribution in [3.8, 4) is 16.9 Å². The SMILES string of the molecule is C=CCCC1CCC2CC(c3ccc(-c4ccc(OC/C=C/C)cc4F)c(F)c3F)CCC2C1. The summed E-state index contributed by atoms with van der Waals surface area (Å²) in [5.74, 6) is 0.0390. The predicted molar refractivity (Wildman–Crippen MR) is 132 cm³/mol. The first-order valence-corrected chi connectivity index (χ1v) is 12.6. The molecule has 2 aliphatic carbocycles. The third-order valence-electron chi connectivity index (χ3n) is 7.87. The fourth-order valence-corrected chi connectivity index (χ4v) is 6.02. The van der Waals surface area contributed by atoms with Crippen LogP contribution in [0.4, 0.5) is 13.2 Å². The second kappa shape index (κ2) is 11.3. The fourth-order valence-electron chi connectivity index (χ4n) is 6.02. The number of allylic oxidation sites excluding steroid dienone is 2. The largest absolute Gasteiger partial charge is 0.489 e. The van der Waals surface area contributed by atoms with E-state index >= 15 is 8.78 Å². The average molecular weight is 469 g/mol. The van der Waals surface area contributed by atoms with Gasteiger partial charge in [0.2, 0.25) is 0 Å². The Kier molecular flexibility index (Phi) is 8.18. The lowest BCUT2D eigenvalue weighted by Gasteiger charge is -2.42. The van der Waals surface area contributed by atoms with E-state index in [9.17, 15) is 4.39 Å². The number of hydrogen-bond donors (Lipinski definition) is 0. The van der Waals surface area contributed by atoms with Gasteiger partial charge in [0.05, 0.1) is 0 Å². The molecule has 2 aromatic rings. The summed E-state index contributed by atoms with van der Waals surface area (Å²) in [6, 6.07) is 7.46. The van der Waals surface area contributed by atoms with Crippen LogP contribution in [0.25, 0.3) is 11.1 Å². The highest BCUT2D eigenvalue weighted by molar-refractivity contribution is 5.66. The van der Waals surface area contributed by atoms with Crippen LogP contribution in [0.5, 0.6) is 5.75 Å². The minimum absolute atomic E-state index is 0.0294. The van der Waals surface area contributed by atoms with E-state index in [4.69, 9.17) is 4.74 Å². The zero-order valence-corrected chi connectivity index (χ0v) is 20.0. The number of rotatable bonds is 8. The molecular weight excluding hydrogens is 433 g/mol. The third kappa shape index (κ3) is 5.42. The van der Waals surface area contributed by atoms with E-state index in [1.807, 2.05) is 25.2 Å². The molecule has 4 rings (SSSR count). The predicted octanol–water partition coefficient (Wildman–Crippen LogP) is 8.99. The summed E-state index contributed by atoms with van der Waals surface area (Å²) >= 11 is 0. The van der Waals surface area contributed by atoms with Gasteiger partial charge in [0.1, 0.15) is 18.2 Å². The van der Waals surface area contributed by atoms with Crippen LogP contribution in [0.1, 0.15) is 69.8 Å². The number of halogens is 3. The maximum atomic E-state index is 15.2. The molecule has 2 saturated carbocycles. The maximum absolute atomic E-state index is 15.2. The molecule has 1 nitrogen and oxygen atoms in total. The molecule has 0 aliphatic heterocycles. The summed E-state index contributed by atoms with van der Waals surface area (Å²) in [5.41, 5.74) is 0.443. The summed E-state index contributed by atoms with van der Waals surface area (Å²) in [6.45, 7) is 6.03. The molecule has 4 atom stereocenters. The van der Waals surface area contributed by atoms with Gasteiger partial charge in [-0.3, -0.25) is 0 Å². The van der Waals surface area contributed by atoms with Gasteiger partial charge in [-0.2, -0.15) is 0 Å². The molecule has 0 saturated heterocycles. The van der Waals surface area contributed by atoms with E-state index in [2.05, 4.69) is 6.58 Å². The number of benzene rings is 2. The zero-order valence-electron chi connectivity index (χ0n) is 20.0. The topological polar surface area (TPSA) is 9.23 Å². The van der Waals surface area contributed by atoms with Crippen LogP contribution in [0.2, 0.25) is 0 Å². The van der Waals surface area contributed by atoms with E-state index < -0.39 is 17.5 Å². The lowest BCUT2D eigenvalue weighted by molar-refractivity contribution is 0.114. The van der Waals surface area contributed by atoms with E-state index in [-0.39, 0.29) is 17.0 Å². The minimum Gasteiger partial charge on any atom is -0.489 e. The molecular formula is C30H35F3O. The lowest BCUT2D eigenvalue weighted by atomic mass is 9.63. The molecule has 0 bridgehead atoms. The van der Waals surface area contributed by atoms with Crippen molar-refractivity contribution >= 4 is 0 Å². The van der Waals surface area contributed by atoms with Gasteiger partial charge in [-0.05, 0) is 93.2 Å². The van der Waals surface area contributed by atoms with E-state index in [1.165, 1.54) is 43.9 Å². The Morgan fingerprint density at radius 1 is 0.941 bits per heavy atom. The number of hydrogen-bond acceptors (Lipinski definition) is 1. The van der Waals surface area contributed by atoms with Gasteiger partial charge in [-0.25, -0.2) is 13.2 Å². The van der Waals surface area contributed by atoms with Crippen molar-refractivity contribution in [3.63, 3.8) is 0 Å². The Labute approximate surface area is 201 Å². The molecule has 0 amide bonds. The molecule has 2 fully saturated rings. The highest BCUT2D eigenvalue weighted by Gasteiger charge is 2.37. The van der Waals surface area contributed by atoms with Gasteiger partial charge >= 0.3 is 0 Å². The number of ether oxygens (including phenoxy) is 1. The summed E-state index contributed by atoms with van der Waals surface area (Å²) in [6.07, 6.45) is 14.5. The summed E-state index contributed by atoms with van der Waals surface area (Å²) in [4.78, 5) is 0. The van der Waals surface area contributed by atoms with Crippen LogP contribution in [0.15, 0.2) is 55.1 Å². The second-order valence-electron chi connectivity index (χ2n) is 9.93. The Hall–Kier alpha value is -2.49. The molecule has 0 radical (unpaired) electrons. The van der Waals surface area contributed by atoms with Gasteiger partial charge in [0.25, 0.3) is 0 Å². The van der Waals surface area contributed by atoms with Crippen molar-refractivity contribution < 1.29 is 17.9 Å². The van der Waals surface area contributed by atoms with Crippen LogP contribution in [-0.2, 0) is 0 Å². The fraction of sp³-hybridized carbons (Fsp3) is 0.467. The van der Waals surface area contributed by atoms with Crippen LogP contribution < -0.4 is 4.74 Å². The highest BCUT2D eigenvalue weighted by atomic mass is 19.2. The summed E-state index contributed by atoms with van der Waals surface area (Å²) in [5, 5.41) is 0. The van der Waals surface area contributed by atoms with Crippen molar-refractivity contribution in [2.45, 2.75) is 64.2 Å². The van der Waals surface area contributed by atoms with Crippen LogP contribution in [-0.4, -0.2) is 6.61 Å². The van der Waals surface area contributed by atoms with E-state index in [1.54, 1.807) is 12.1 Å². The molecule has 34 heavy (non-hydrogen) atoms. The summed E-state index contributed by atoms with van der Waals surface area (Å²) < 4.78 is 50.5. The highest BCUT2D eigenvalue weighted by Crippen LogP contribution is 2.49. The standard InChI is InChI=1S/C30H35F3O/c1-3-5-7-20-8-9-22-18-23(11-10-21(22)17-20)25-14-15-27(30(33)29(25)32)26-13-12-24(19-28(26)31)34-16-6-4-2/h3-4,6,12-15,19-23H,1,5,7-11,16-18H2,2H3/b6-4+. The Morgan fingerprint density at radius 3 is 2.47 bits per heavy atom. The first-order chi connectivity index (χ1) is 16.5. The van der Waals surface area contributed by atoms with Crippen LogP contribution in [0.3, 0.4) is 0 Å². The Balaban J connectivity index is 1.47.